The van der Waals surface area contributed by atoms with E-state index in [1.807, 2.05) is 6.92 Å². The Morgan fingerprint density at radius 3 is 3.00 bits per heavy atom. The molecule has 0 unspecified atom stereocenters. The number of amides is 1. The molecule has 1 atom stereocenters. The third kappa shape index (κ3) is 2.48. The lowest BCUT2D eigenvalue weighted by Gasteiger charge is -2.31. The molecule has 3 rings (SSSR count). The molecule has 0 radical (unpaired) electrons. The summed E-state index contributed by atoms with van der Waals surface area (Å²) in [7, 11) is 0. The summed E-state index contributed by atoms with van der Waals surface area (Å²) in [5, 5.41) is 0.0262. The number of carbonyl (C=O) groups is 1. The highest BCUT2D eigenvalue weighted by atomic mass is 35.5. The Kier molecular flexibility index (Phi) is 3.88. The van der Waals surface area contributed by atoms with E-state index in [1.165, 1.54) is 18.3 Å². The van der Waals surface area contributed by atoms with Crippen LogP contribution in [-0.4, -0.2) is 41.6 Å². The van der Waals surface area contributed by atoms with Crippen LogP contribution in [0.5, 0.6) is 0 Å². The topological polar surface area (TPSA) is 62.4 Å². The molecule has 116 valence electrons. The zero-order valence-electron chi connectivity index (χ0n) is 11.9. The molecule has 2 heterocycles. The number of morpholine rings is 1. The number of H-pyrrole nitrogens is 1. The molecule has 1 saturated heterocycles. The van der Waals surface area contributed by atoms with Gasteiger partial charge in [0.1, 0.15) is 5.56 Å². The van der Waals surface area contributed by atoms with Crippen LogP contribution in [-0.2, 0) is 4.74 Å². The van der Waals surface area contributed by atoms with Gasteiger partial charge in [0.15, 0.2) is 5.82 Å². The minimum absolute atomic E-state index is 0.00407. The van der Waals surface area contributed by atoms with Crippen molar-refractivity contribution in [1.82, 2.24) is 9.88 Å². The minimum Gasteiger partial charge on any atom is -0.375 e. The number of halogens is 2. The van der Waals surface area contributed by atoms with Crippen LogP contribution in [0.15, 0.2) is 23.1 Å². The van der Waals surface area contributed by atoms with Crippen molar-refractivity contribution in [3.63, 3.8) is 0 Å². The van der Waals surface area contributed by atoms with E-state index in [9.17, 15) is 14.0 Å². The first-order valence-electron chi connectivity index (χ1n) is 6.89. The molecule has 2 aromatic rings. The van der Waals surface area contributed by atoms with Crippen LogP contribution in [0.1, 0.15) is 17.3 Å². The SMILES string of the molecule is C[C@H]1CN(C(=O)c2c[nH]c3c(F)c(Cl)ccc3c2=O)CCO1. The normalized spacial score (nSPS) is 18.7. The number of hydrogen-bond acceptors (Lipinski definition) is 3. The molecule has 0 spiro atoms. The number of pyridine rings is 1. The quantitative estimate of drug-likeness (QED) is 0.874. The van der Waals surface area contributed by atoms with Crippen molar-refractivity contribution in [2.45, 2.75) is 13.0 Å². The van der Waals surface area contributed by atoms with Crippen molar-refractivity contribution in [2.75, 3.05) is 19.7 Å². The van der Waals surface area contributed by atoms with Gasteiger partial charge < -0.3 is 14.6 Å². The van der Waals surface area contributed by atoms with Gasteiger partial charge >= 0.3 is 0 Å². The summed E-state index contributed by atoms with van der Waals surface area (Å²) in [6.45, 7) is 3.14. The summed E-state index contributed by atoms with van der Waals surface area (Å²) < 4.78 is 19.3. The van der Waals surface area contributed by atoms with Gasteiger partial charge in [-0.05, 0) is 19.1 Å². The van der Waals surface area contributed by atoms with Crippen LogP contribution in [0.25, 0.3) is 10.9 Å². The second kappa shape index (κ2) is 5.70. The van der Waals surface area contributed by atoms with Crippen molar-refractivity contribution in [2.24, 2.45) is 0 Å². The first-order valence-corrected chi connectivity index (χ1v) is 7.27. The number of ether oxygens (including phenoxy) is 1. The lowest BCUT2D eigenvalue weighted by Crippen LogP contribution is -2.45. The Morgan fingerprint density at radius 2 is 2.27 bits per heavy atom. The van der Waals surface area contributed by atoms with Crippen LogP contribution >= 0.6 is 11.6 Å². The second-order valence-corrected chi connectivity index (χ2v) is 5.66. The number of hydrogen-bond donors (Lipinski definition) is 1. The molecule has 1 amide bonds. The monoisotopic (exact) mass is 324 g/mol. The molecule has 0 aliphatic carbocycles. The number of benzene rings is 1. The molecule has 0 saturated carbocycles. The lowest BCUT2D eigenvalue weighted by atomic mass is 10.1. The molecule has 0 bridgehead atoms. The summed E-state index contributed by atoms with van der Waals surface area (Å²) in [5.41, 5.74) is -0.513. The first-order chi connectivity index (χ1) is 10.5. The van der Waals surface area contributed by atoms with E-state index in [4.69, 9.17) is 16.3 Å². The van der Waals surface area contributed by atoms with E-state index in [1.54, 1.807) is 4.90 Å². The van der Waals surface area contributed by atoms with Gasteiger partial charge in [0, 0.05) is 24.7 Å². The Balaban J connectivity index is 2.05. The highest BCUT2D eigenvalue weighted by molar-refractivity contribution is 6.31. The zero-order valence-corrected chi connectivity index (χ0v) is 12.6. The maximum Gasteiger partial charge on any atom is 0.259 e. The second-order valence-electron chi connectivity index (χ2n) is 5.25. The molecule has 1 aromatic carbocycles. The van der Waals surface area contributed by atoms with Gasteiger partial charge in [-0.3, -0.25) is 9.59 Å². The van der Waals surface area contributed by atoms with Gasteiger partial charge in [0.25, 0.3) is 5.91 Å². The number of rotatable bonds is 1. The Hall–Kier alpha value is -1.92. The predicted octanol–water partition coefficient (Wildman–Crippen LogP) is 2.18. The highest BCUT2D eigenvalue weighted by Crippen LogP contribution is 2.21. The summed E-state index contributed by atoms with van der Waals surface area (Å²) in [6, 6.07) is 2.72. The number of aromatic nitrogens is 1. The average Bonchev–Trinajstić information content (AvgIpc) is 2.51. The number of nitrogens with zero attached hydrogens (tertiary/aromatic N) is 1. The summed E-state index contributed by atoms with van der Waals surface area (Å²) in [6.07, 6.45) is 1.17. The minimum atomic E-state index is -0.699. The van der Waals surface area contributed by atoms with Crippen molar-refractivity contribution in [3.8, 4) is 0 Å². The third-order valence-corrected chi connectivity index (χ3v) is 4.00. The number of aromatic amines is 1. The van der Waals surface area contributed by atoms with Crippen LogP contribution in [0, 0.1) is 5.82 Å². The van der Waals surface area contributed by atoms with Gasteiger partial charge in [0.05, 0.1) is 23.3 Å². The van der Waals surface area contributed by atoms with Crippen molar-refractivity contribution >= 4 is 28.4 Å². The van der Waals surface area contributed by atoms with Crippen LogP contribution in [0.2, 0.25) is 5.02 Å². The van der Waals surface area contributed by atoms with E-state index in [0.717, 1.165) is 0 Å². The lowest BCUT2D eigenvalue weighted by molar-refractivity contribution is -0.0124. The molecule has 1 aliphatic rings. The standard InChI is InChI=1S/C15H14ClFN2O3/c1-8-7-19(4-5-22-8)15(21)10-6-18-13-9(14(10)20)2-3-11(16)12(13)17/h2-3,6,8H,4-5,7H2,1H3,(H,18,20)/t8-/m0/s1. The molecule has 1 aromatic heterocycles. The van der Waals surface area contributed by atoms with Crippen molar-refractivity contribution in [3.05, 3.63) is 45.0 Å². The summed E-state index contributed by atoms with van der Waals surface area (Å²) in [4.78, 5) is 29.2. The maximum absolute atomic E-state index is 13.9. The first kappa shape index (κ1) is 15.0. The van der Waals surface area contributed by atoms with Gasteiger partial charge in [-0.2, -0.15) is 0 Å². The van der Waals surface area contributed by atoms with Gasteiger partial charge in [-0.25, -0.2) is 4.39 Å². The number of carbonyl (C=O) groups excluding carboxylic acids is 1. The summed E-state index contributed by atoms with van der Waals surface area (Å²) in [5.74, 6) is -1.08. The molecule has 1 N–H and O–H groups in total. The predicted molar refractivity (Wildman–Crippen MR) is 80.9 cm³/mol. The van der Waals surface area contributed by atoms with Crippen molar-refractivity contribution in [1.29, 1.82) is 0 Å². The van der Waals surface area contributed by atoms with Crippen molar-refractivity contribution < 1.29 is 13.9 Å². The molecular weight excluding hydrogens is 311 g/mol. The molecule has 22 heavy (non-hydrogen) atoms. The van der Waals surface area contributed by atoms with E-state index in [2.05, 4.69) is 4.98 Å². The Morgan fingerprint density at radius 1 is 1.50 bits per heavy atom. The fraction of sp³-hybridized carbons (Fsp3) is 0.333. The Bertz CT molecular complexity index is 805. The Labute approximate surface area is 130 Å². The molecular formula is C15H14ClFN2O3. The molecule has 7 heteroatoms. The van der Waals surface area contributed by atoms with Gasteiger partial charge in [-0.15, -0.1) is 0 Å². The third-order valence-electron chi connectivity index (χ3n) is 3.70. The number of fused-ring (bicyclic) bond motifs is 1. The smallest absolute Gasteiger partial charge is 0.259 e. The van der Waals surface area contributed by atoms with E-state index in [-0.39, 0.29) is 33.5 Å². The highest BCUT2D eigenvalue weighted by Gasteiger charge is 2.25. The van der Waals surface area contributed by atoms with E-state index < -0.39 is 11.2 Å². The molecule has 5 nitrogen and oxygen atoms in total. The van der Waals surface area contributed by atoms with E-state index in [0.29, 0.717) is 19.7 Å². The fourth-order valence-electron chi connectivity index (χ4n) is 2.57. The average molecular weight is 325 g/mol. The fourth-order valence-corrected chi connectivity index (χ4v) is 2.73. The molecule has 1 aliphatic heterocycles. The van der Waals surface area contributed by atoms with Crippen LogP contribution in [0.3, 0.4) is 0 Å². The zero-order chi connectivity index (χ0) is 15.9. The van der Waals surface area contributed by atoms with Gasteiger partial charge in [0.2, 0.25) is 5.43 Å². The number of nitrogens with one attached hydrogen (secondary N) is 1. The maximum atomic E-state index is 13.9. The van der Waals surface area contributed by atoms with Crippen LogP contribution < -0.4 is 5.43 Å². The largest absolute Gasteiger partial charge is 0.375 e. The summed E-state index contributed by atoms with van der Waals surface area (Å²) >= 11 is 5.69. The van der Waals surface area contributed by atoms with E-state index >= 15 is 0 Å². The van der Waals surface area contributed by atoms with Gasteiger partial charge in [-0.1, -0.05) is 11.6 Å². The van der Waals surface area contributed by atoms with Crippen LogP contribution in [0.4, 0.5) is 4.39 Å². The molecule has 1 fully saturated rings.